The van der Waals surface area contributed by atoms with Crippen LogP contribution in [0, 0.1) is 18.3 Å². The first-order valence-electron chi connectivity index (χ1n) is 4.96. The Balaban J connectivity index is 2.58. The highest BCUT2D eigenvalue weighted by Gasteiger charge is 2.05. The molecule has 0 unspecified atom stereocenters. The Kier molecular flexibility index (Phi) is 4.28. The molecule has 5 nitrogen and oxygen atoms in total. The highest BCUT2D eigenvalue weighted by Crippen LogP contribution is 2.14. The molecule has 1 aromatic rings. The number of aliphatic carboxylic acids is 1. The lowest BCUT2D eigenvalue weighted by atomic mass is 10.1. The van der Waals surface area contributed by atoms with Crippen LogP contribution in [0.3, 0.4) is 0 Å². The van der Waals surface area contributed by atoms with E-state index < -0.39 is 5.97 Å². The number of carboxylic acid groups (broad SMARTS) is 1. The van der Waals surface area contributed by atoms with Crippen LogP contribution in [-0.2, 0) is 4.79 Å². The second kappa shape index (κ2) is 5.71. The summed E-state index contributed by atoms with van der Waals surface area (Å²) in [5.41, 5.74) is 1.37. The van der Waals surface area contributed by atoms with Gasteiger partial charge in [0, 0.05) is 19.2 Å². The summed E-state index contributed by atoms with van der Waals surface area (Å²) < 4.78 is 0. The lowest BCUT2D eigenvalue weighted by molar-refractivity contribution is -0.137. The molecule has 0 aliphatic heterocycles. The van der Waals surface area contributed by atoms with Crippen molar-refractivity contribution in [3.05, 3.63) is 23.4 Å². The van der Waals surface area contributed by atoms with Crippen LogP contribution >= 0.6 is 0 Å². The molecule has 0 saturated carbocycles. The number of anilines is 1. The Morgan fingerprint density at radius 2 is 2.44 bits per heavy atom. The van der Waals surface area contributed by atoms with Crippen molar-refractivity contribution in [3.63, 3.8) is 0 Å². The molecular weight excluding hydrogens is 206 g/mol. The van der Waals surface area contributed by atoms with Gasteiger partial charge in [-0.05, 0) is 25.0 Å². The van der Waals surface area contributed by atoms with Crippen molar-refractivity contribution >= 4 is 11.8 Å². The van der Waals surface area contributed by atoms with Crippen LogP contribution in [0.25, 0.3) is 0 Å². The molecule has 0 spiro atoms. The van der Waals surface area contributed by atoms with E-state index in [1.165, 1.54) is 0 Å². The molecule has 0 fully saturated rings. The predicted octanol–water partition coefficient (Wildman–Crippen LogP) is 1.54. The van der Waals surface area contributed by atoms with Crippen molar-refractivity contribution in [2.75, 3.05) is 11.9 Å². The zero-order valence-corrected chi connectivity index (χ0v) is 9.03. The topological polar surface area (TPSA) is 86.0 Å². The molecule has 0 bridgehead atoms. The van der Waals surface area contributed by atoms with E-state index in [9.17, 15) is 4.79 Å². The maximum absolute atomic E-state index is 10.3. The molecule has 0 aliphatic rings. The first kappa shape index (κ1) is 12.0. The van der Waals surface area contributed by atoms with E-state index in [-0.39, 0.29) is 6.42 Å². The van der Waals surface area contributed by atoms with Crippen LogP contribution in [0.5, 0.6) is 0 Å². The van der Waals surface area contributed by atoms with Gasteiger partial charge in [0.05, 0.1) is 5.56 Å². The monoisotopic (exact) mass is 219 g/mol. The number of nitrogens with one attached hydrogen (secondary N) is 1. The highest BCUT2D eigenvalue weighted by molar-refractivity contribution is 5.66. The van der Waals surface area contributed by atoms with E-state index in [1.54, 1.807) is 12.3 Å². The smallest absolute Gasteiger partial charge is 0.303 e. The van der Waals surface area contributed by atoms with E-state index in [4.69, 9.17) is 10.4 Å². The SMILES string of the molecule is Cc1ccnc(NCCCC(=O)O)c1C#N. The number of rotatable bonds is 5. The van der Waals surface area contributed by atoms with Crippen molar-refractivity contribution in [3.8, 4) is 6.07 Å². The minimum atomic E-state index is -0.820. The van der Waals surface area contributed by atoms with Crippen LogP contribution in [0.2, 0.25) is 0 Å². The molecule has 2 N–H and O–H groups in total. The van der Waals surface area contributed by atoms with Gasteiger partial charge < -0.3 is 10.4 Å². The number of aromatic nitrogens is 1. The zero-order chi connectivity index (χ0) is 12.0. The second-order valence-corrected chi connectivity index (χ2v) is 3.39. The Morgan fingerprint density at radius 3 is 3.06 bits per heavy atom. The maximum Gasteiger partial charge on any atom is 0.303 e. The standard InChI is InChI=1S/C11H13N3O2/c1-8-4-6-14-11(9(8)7-12)13-5-2-3-10(15)16/h4,6H,2-3,5H2,1H3,(H,13,14)(H,15,16). The van der Waals surface area contributed by atoms with Crippen LogP contribution in [0.4, 0.5) is 5.82 Å². The summed E-state index contributed by atoms with van der Waals surface area (Å²) in [6.07, 6.45) is 2.24. The minimum absolute atomic E-state index is 0.112. The van der Waals surface area contributed by atoms with Gasteiger partial charge in [0.2, 0.25) is 0 Å². The number of carboxylic acids is 1. The molecule has 1 aromatic heterocycles. The van der Waals surface area contributed by atoms with E-state index in [0.29, 0.717) is 24.3 Å². The van der Waals surface area contributed by atoms with Crippen molar-refractivity contribution in [1.82, 2.24) is 4.98 Å². The molecule has 16 heavy (non-hydrogen) atoms. The van der Waals surface area contributed by atoms with Gasteiger partial charge in [-0.1, -0.05) is 0 Å². The van der Waals surface area contributed by atoms with Gasteiger partial charge >= 0.3 is 5.97 Å². The van der Waals surface area contributed by atoms with E-state index in [2.05, 4.69) is 16.4 Å². The maximum atomic E-state index is 10.3. The van der Waals surface area contributed by atoms with E-state index >= 15 is 0 Å². The van der Waals surface area contributed by atoms with Gasteiger partial charge in [-0.3, -0.25) is 4.79 Å². The van der Waals surface area contributed by atoms with Crippen molar-refractivity contribution < 1.29 is 9.90 Å². The quantitative estimate of drug-likeness (QED) is 0.733. The van der Waals surface area contributed by atoms with Crippen molar-refractivity contribution in [1.29, 1.82) is 5.26 Å². The molecule has 1 heterocycles. The van der Waals surface area contributed by atoms with Crippen LogP contribution < -0.4 is 5.32 Å². The number of aryl methyl sites for hydroxylation is 1. The average Bonchev–Trinajstić information content (AvgIpc) is 2.24. The van der Waals surface area contributed by atoms with Gasteiger partial charge in [0.15, 0.2) is 0 Å². The van der Waals surface area contributed by atoms with Gasteiger partial charge in [-0.25, -0.2) is 4.98 Å². The fourth-order valence-corrected chi connectivity index (χ4v) is 1.28. The van der Waals surface area contributed by atoms with Gasteiger partial charge in [-0.2, -0.15) is 5.26 Å². The van der Waals surface area contributed by atoms with Crippen LogP contribution in [-0.4, -0.2) is 22.6 Å². The van der Waals surface area contributed by atoms with Gasteiger partial charge in [-0.15, -0.1) is 0 Å². The molecule has 1 rings (SSSR count). The third-order valence-corrected chi connectivity index (χ3v) is 2.13. The third kappa shape index (κ3) is 3.24. The number of carbonyl (C=O) groups is 1. The number of pyridine rings is 1. The molecule has 0 atom stereocenters. The molecule has 5 heteroatoms. The Labute approximate surface area is 93.7 Å². The minimum Gasteiger partial charge on any atom is -0.481 e. The lowest BCUT2D eigenvalue weighted by Crippen LogP contribution is -2.08. The highest BCUT2D eigenvalue weighted by atomic mass is 16.4. The fraction of sp³-hybridized carbons (Fsp3) is 0.364. The van der Waals surface area contributed by atoms with Crippen molar-refractivity contribution in [2.45, 2.75) is 19.8 Å². The van der Waals surface area contributed by atoms with Crippen LogP contribution in [0.15, 0.2) is 12.3 Å². The van der Waals surface area contributed by atoms with Gasteiger partial charge in [0.25, 0.3) is 0 Å². The summed E-state index contributed by atoms with van der Waals surface area (Å²) in [5.74, 6) is -0.299. The first-order chi connectivity index (χ1) is 7.65. The molecule has 0 radical (unpaired) electrons. The number of hydrogen-bond donors (Lipinski definition) is 2. The molecule has 0 aromatic carbocycles. The van der Waals surface area contributed by atoms with E-state index in [1.807, 2.05) is 6.92 Å². The second-order valence-electron chi connectivity index (χ2n) is 3.39. The zero-order valence-electron chi connectivity index (χ0n) is 9.03. The fourth-order valence-electron chi connectivity index (χ4n) is 1.28. The lowest BCUT2D eigenvalue weighted by Gasteiger charge is -2.07. The van der Waals surface area contributed by atoms with Gasteiger partial charge in [0.1, 0.15) is 11.9 Å². The summed E-state index contributed by atoms with van der Waals surface area (Å²) >= 11 is 0. The summed E-state index contributed by atoms with van der Waals surface area (Å²) in [6.45, 7) is 2.33. The molecule has 0 aliphatic carbocycles. The normalized spacial score (nSPS) is 9.50. The summed E-state index contributed by atoms with van der Waals surface area (Å²) in [4.78, 5) is 14.3. The number of nitrogens with zero attached hydrogens (tertiary/aromatic N) is 2. The molecule has 0 amide bonds. The molecule has 84 valence electrons. The Morgan fingerprint density at radius 1 is 1.69 bits per heavy atom. The molecule has 0 saturated heterocycles. The number of hydrogen-bond acceptors (Lipinski definition) is 4. The summed E-state index contributed by atoms with van der Waals surface area (Å²) in [5, 5.41) is 20.3. The largest absolute Gasteiger partial charge is 0.481 e. The van der Waals surface area contributed by atoms with E-state index in [0.717, 1.165) is 5.56 Å². The van der Waals surface area contributed by atoms with Crippen LogP contribution in [0.1, 0.15) is 24.0 Å². The third-order valence-electron chi connectivity index (χ3n) is 2.13. The average molecular weight is 219 g/mol. The number of nitriles is 1. The summed E-state index contributed by atoms with van der Waals surface area (Å²) in [7, 11) is 0. The Hall–Kier alpha value is -2.09. The predicted molar refractivity (Wildman–Crippen MR) is 59.0 cm³/mol. The summed E-state index contributed by atoms with van der Waals surface area (Å²) in [6, 6.07) is 3.84. The molecular formula is C11H13N3O2. The Bertz CT molecular complexity index is 424. The first-order valence-corrected chi connectivity index (χ1v) is 4.96. The van der Waals surface area contributed by atoms with Crippen molar-refractivity contribution in [2.24, 2.45) is 0 Å².